The molecule has 0 bridgehead atoms. The van der Waals surface area contributed by atoms with Crippen LogP contribution < -0.4 is 10.1 Å². The van der Waals surface area contributed by atoms with Crippen molar-refractivity contribution in [3.05, 3.63) is 114 Å². The standard InChI is InChI=1S/C25H21N3O3/c1-28-16-15-26-24(28)23(29)19-11-13-20(14-12-19)27-25(30)21-9-5-6-10-22(21)31-17-18-7-3-2-4-8-18/h2-16H,17H2,1H3,(H,27,30). The third kappa shape index (κ3) is 4.70. The Morgan fingerprint density at radius 2 is 1.65 bits per heavy atom. The number of ether oxygens (including phenoxy) is 1. The van der Waals surface area contributed by atoms with E-state index in [9.17, 15) is 9.59 Å². The van der Waals surface area contributed by atoms with Gasteiger partial charge in [-0.15, -0.1) is 0 Å². The molecule has 1 aromatic heterocycles. The lowest BCUT2D eigenvalue weighted by Gasteiger charge is -2.12. The van der Waals surface area contributed by atoms with Gasteiger partial charge >= 0.3 is 0 Å². The number of benzene rings is 3. The molecule has 0 unspecified atom stereocenters. The highest BCUT2D eigenvalue weighted by Gasteiger charge is 2.15. The first-order chi connectivity index (χ1) is 15.1. The minimum atomic E-state index is -0.285. The lowest BCUT2D eigenvalue weighted by Crippen LogP contribution is -2.14. The van der Waals surface area contributed by atoms with Gasteiger partial charge in [-0.1, -0.05) is 42.5 Å². The Labute approximate surface area is 180 Å². The van der Waals surface area contributed by atoms with Crippen molar-refractivity contribution in [3.63, 3.8) is 0 Å². The van der Waals surface area contributed by atoms with E-state index in [4.69, 9.17) is 4.74 Å². The predicted molar refractivity (Wildman–Crippen MR) is 118 cm³/mol. The van der Waals surface area contributed by atoms with Crippen molar-refractivity contribution in [1.29, 1.82) is 0 Å². The average molecular weight is 411 g/mol. The number of hydrogen-bond donors (Lipinski definition) is 1. The zero-order valence-electron chi connectivity index (χ0n) is 17.0. The number of amides is 1. The van der Waals surface area contributed by atoms with Crippen molar-refractivity contribution in [2.75, 3.05) is 5.32 Å². The van der Waals surface area contributed by atoms with Crippen LogP contribution >= 0.6 is 0 Å². The summed E-state index contributed by atoms with van der Waals surface area (Å²) in [7, 11) is 1.77. The van der Waals surface area contributed by atoms with Gasteiger partial charge < -0.3 is 14.6 Å². The number of anilines is 1. The third-order valence-corrected chi connectivity index (χ3v) is 4.80. The zero-order valence-corrected chi connectivity index (χ0v) is 17.0. The number of rotatable bonds is 7. The third-order valence-electron chi connectivity index (χ3n) is 4.80. The molecule has 6 heteroatoms. The lowest BCUT2D eigenvalue weighted by molar-refractivity contribution is 0.101. The minimum Gasteiger partial charge on any atom is -0.488 e. The molecule has 0 spiro atoms. The Morgan fingerprint density at radius 1 is 0.935 bits per heavy atom. The van der Waals surface area contributed by atoms with Gasteiger partial charge in [-0.25, -0.2) is 4.98 Å². The van der Waals surface area contributed by atoms with Gasteiger partial charge in [0.1, 0.15) is 12.4 Å². The highest BCUT2D eigenvalue weighted by molar-refractivity contribution is 6.08. The van der Waals surface area contributed by atoms with Crippen LogP contribution in [0, 0.1) is 0 Å². The Hall–Kier alpha value is -4.19. The first-order valence-electron chi connectivity index (χ1n) is 9.81. The van der Waals surface area contributed by atoms with E-state index < -0.39 is 0 Å². The molecule has 0 aliphatic heterocycles. The summed E-state index contributed by atoms with van der Waals surface area (Å²) in [5, 5.41) is 2.86. The maximum atomic E-state index is 12.8. The maximum absolute atomic E-state index is 12.8. The average Bonchev–Trinajstić information content (AvgIpc) is 3.24. The van der Waals surface area contributed by atoms with E-state index in [-0.39, 0.29) is 11.7 Å². The maximum Gasteiger partial charge on any atom is 0.259 e. The first kappa shape index (κ1) is 20.1. The van der Waals surface area contributed by atoms with Crippen LogP contribution in [0.1, 0.15) is 32.1 Å². The van der Waals surface area contributed by atoms with Gasteiger partial charge in [0.15, 0.2) is 5.82 Å². The normalized spacial score (nSPS) is 10.5. The molecule has 1 amide bonds. The second kappa shape index (κ2) is 9.09. The molecule has 3 aromatic carbocycles. The number of nitrogens with zero attached hydrogens (tertiary/aromatic N) is 2. The number of nitrogens with one attached hydrogen (secondary N) is 1. The summed E-state index contributed by atoms with van der Waals surface area (Å²) >= 11 is 0. The molecular formula is C25H21N3O3. The second-order valence-corrected chi connectivity index (χ2v) is 6.99. The Morgan fingerprint density at radius 3 is 2.35 bits per heavy atom. The van der Waals surface area contributed by atoms with E-state index in [2.05, 4.69) is 10.3 Å². The molecule has 0 atom stereocenters. The van der Waals surface area contributed by atoms with Crippen LogP contribution in [0.4, 0.5) is 5.69 Å². The Balaban J connectivity index is 1.45. The van der Waals surface area contributed by atoms with E-state index in [1.54, 1.807) is 66.5 Å². The number of ketones is 1. The molecule has 0 saturated heterocycles. The van der Waals surface area contributed by atoms with Crippen LogP contribution in [0.5, 0.6) is 5.75 Å². The van der Waals surface area contributed by atoms with Crippen molar-refractivity contribution < 1.29 is 14.3 Å². The summed E-state index contributed by atoms with van der Waals surface area (Å²) in [6, 6.07) is 23.6. The largest absolute Gasteiger partial charge is 0.488 e. The summed E-state index contributed by atoms with van der Waals surface area (Å²) in [6.07, 6.45) is 3.30. The van der Waals surface area contributed by atoms with Crippen LogP contribution in [-0.2, 0) is 13.7 Å². The highest BCUT2D eigenvalue weighted by Crippen LogP contribution is 2.21. The molecule has 4 rings (SSSR count). The van der Waals surface area contributed by atoms with Gasteiger partial charge in [-0.05, 0) is 42.0 Å². The lowest BCUT2D eigenvalue weighted by atomic mass is 10.1. The van der Waals surface area contributed by atoms with Crippen LogP contribution in [-0.4, -0.2) is 21.2 Å². The van der Waals surface area contributed by atoms with Crippen LogP contribution in [0.15, 0.2) is 91.3 Å². The van der Waals surface area contributed by atoms with Gasteiger partial charge in [0.25, 0.3) is 5.91 Å². The Bertz CT molecular complexity index is 1200. The summed E-state index contributed by atoms with van der Waals surface area (Å²) in [6.45, 7) is 0.370. The topological polar surface area (TPSA) is 73.2 Å². The van der Waals surface area contributed by atoms with Gasteiger partial charge in [0, 0.05) is 30.7 Å². The zero-order chi connectivity index (χ0) is 21.6. The molecule has 0 aliphatic rings. The fourth-order valence-electron chi connectivity index (χ4n) is 3.13. The fraction of sp³-hybridized carbons (Fsp3) is 0.0800. The molecule has 6 nitrogen and oxygen atoms in total. The second-order valence-electron chi connectivity index (χ2n) is 6.99. The number of carbonyl (C=O) groups excluding carboxylic acids is 2. The summed E-state index contributed by atoms with van der Waals surface area (Å²) in [5.74, 6) is 0.406. The monoisotopic (exact) mass is 411 g/mol. The van der Waals surface area contributed by atoms with Crippen molar-refractivity contribution >= 4 is 17.4 Å². The molecule has 31 heavy (non-hydrogen) atoms. The molecule has 1 N–H and O–H groups in total. The van der Waals surface area contributed by atoms with Gasteiger partial charge in [-0.2, -0.15) is 0 Å². The SMILES string of the molecule is Cn1ccnc1C(=O)c1ccc(NC(=O)c2ccccc2OCc2ccccc2)cc1. The van der Waals surface area contributed by atoms with Gasteiger partial charge in [-0.3, -0.25) is 9.59 Å². The highest BCUT2D eigenvalue weighted by atomic mass is 16.5. The molecule has 154 valence electrons. The molecule has 0 aliphatic carbocycles. The van der Waals surface area contributed by atoms with E-state index >= 15 is 0 Å². The summed E-state index contributed by atoms with van der Waals surface area (Å²) in [4.78, 5) is 29.4. The van der Waals surface area contributed by atoms with Crippen molar-refractivity contribution in [1.82, 2.24) is 9.55 Å². The predicted octanol–water partition coefficient (Wildman–Crippen LogP) is 4.48. The van der Waals surface area contributed by atoms with Gasteiger partial charge in [0.05, 0.1) is 5.56 Å². The number of aromatic nitrogens is 2. The van der Waals surface area contributed by atoms with Crippen LogP contribution in [0.2, 0.25) is 0 Å². The number of aryl methyl sites for hydroxylation is 1. The molecule has 0 saturated carbocycles. The molecule has 4 aromatic rings. The van der Waals surface area contributed by atoms with Crippen molar-refractivity contribution in [3.8, 4) is 5.75 Å². The molecule has 1 heterocycles. The van der Waals surface area contributed by atoms with Crippen molar-refractivity contribution in [2.24, 2.45) is 7.05 Å². The van der Waals surface area contributed by atoms with E-state index in [0.29, 0.717) is 35.0 Å². The number of imidazole rings is 1. The van der Waals surface area contributed by atoms with E-state index in [0.717, 1.165) is 5.56 Å². The molecular weight excluding hydrogens is 390 g/mol. The smallest absolute Gasteiger partial charge is 0.259 e. The Kier molecular flexibility index (Phi) is 5.89. The van der Waals surface area contributed by atoms with Crippen LogP contribution in [0.25, 0.3) is 0 Å². The van der Waals surface area contributed by atoms with Crippen LogP contribution in [0.3, 0.4) is 0 Å². The first-order valence-corrected chi connectivity index (χ1v) is 9.81. The number of carbonyl (C=O) groups is 2. The number of hydrogen-bond acceptors (Lipinski definition) is 4. The van der Waals surface area contributed by atoms with E-state index in [1.165, 1.54) is 0 Å². The van der Waals surface area contributed by atoms with Crippen molar-refractivity contribution in [2.45, 2.75) is 6.61 Å². The summed E-state index contributed by atoms with van der Waals surface area (Å²) < 4.78 is 7.54. The number of para-hydroxylation sites is 1. The molecule has 0 fully saturated rings. The minimum absolute atomic E-state index is 0.176. The molecule has 0 radical (unpaired) electrons. The summed E-state index contributed by atoms with van der Waals surface area (Å²) in [5.41, 5.74) is 2.54. The fourth-order valence-corrected chi connectivity index (χ4v) is 3.13. The van der Waals surface area contributed by atoms with Gasteiger partial charge in [0.2, 0.25) is 5.78 Å². The quantitative estimate of drug-likeness (QED) is 0.455. The van der Waals surface area contributed by atoms with E-state index in [1.807, 2.05) is 36.4 Å².